The summed E-state index contributed by atoms with van der Waals surface area (Å²) in [5.41, 5.74) is 10.8. The predicted octanol–water partition coefficient (Wildman–Crippen LogP) is 1.06. The third-order valence-corrected chi connectivity index (χ3v) is 6.28. The first-order valence-electron chi connectivity index (χ1n) is 10.6. The Bertz CT molecular complexity index is 1300. The molecule has 0 saturated carbocycles. The van der Waals surface area contributed by atoms with Crippen molar-refractivity contribution in [3.8, 4) is 11.4 Å². The highest BCUT2D eigenvalue weighted by Gasteiger charge is 2.45. The number of nitrogens with zero attached hydrogens (tertiary/aromatic N) is 2. The Balaban J connectivity index is 1.71. The topological polar surface area (TPSA) is 129 Å². The summed E-state index contributed by atoms with van der Waals surface area (Å²) in [5.74, 6) is -0.733. The highest BCUT2D eigenvalue weighted by Crippen LogP contribution is 2.40. The average Bonchev–Trinajstić information content (AvgIpc) is 3.17. The second-order valence-corrected chi connectivity index (χ2v) is 8.00. The molecule has 9 nitrogen and oxygen atoms in total. The summed E-state index contributed by atoms with van der Waals surface area (Å²) in [5, 5.41) is 12.0. The minimum atomic E-state index is -1.84. The van der Waals surface area contributed by atoms with E-state index in [0.29, 0.717) is 48.8 Å². The molecule has 2 aromatic heterocycles. The Hall–Kier alpha value is -3.11. The maximum absolute atomic E-state index is 13.4. The van der Waals surface area contributed by atoms with Crippen LogP contribution in [0.25, 0.3) is 22.3 Å². The van der Waals surface area contributed by atoms with Gasteiger partial charge in [-0.15, -0.1) is 0 Å². The van der Waals surface area contributed by atoms with Gasteiger partial charge < -0.3 is 25.0 Å². The van der Waals surface area contributed by atoms with Crippen molar-refractivity contribution >= 4 is 16.9 Å². The van der Waals surface area contributed by atoms with Crippen molar-refractivity contribution < 1.29 is 19.5 Å². The number of ether oxygens (including phenoxy) is 1. The number of hydrogen-bond donors (Lipinski definition) is 3. The van der Waals surface area contributed by atoms with E-state index in [1.165, 1.54) is 0 Å². The number of esters is 1. The highest BCUT2D eigenvalue weighted by atomic mass is 16.6. The molecule has 2 aliphatic rings. The molecule has 2 aliphatic heterocycles. The van der Waals surface area contributed by atoms with E-state index < -0.39 is 11.6 Å². The molecule has 4 heterocycles. The maximum atomic E-state index is 13.4. The van der Waals surface area contributed by atoms with E-state index in [9.17, 15) is 14.7 Å². The molecule has 32 heavy (non-hydrogen) atoms. The summed E-state index contributed by atoms with van der Waals surface area (Å²) in [6.07, 6.45) is 0.105. The number of nitrogens with two attached hydrogens (primary N) is 1. The van der Waals surface area contributed by atoms with Gasteiger partial charge in [0.05, 0.1) is 35.6 Å². The van der Waals surface area contributed by atoms with Gasteiger partial charge >= 0.3 is 5.97 Å². The number of para-hydroxylation sites is 1. The number of rotatable bonds is 6. The zero-order valence-corrected chi connectivity index (χ0v) is 17.7. The predicted molar refractivity (Wildman–Crippen MR) is 116 cm³/mol. The van der Waals surface area contributed by atoms with E-state index in [1.54, 1.807) is 17.6 Å². The van der Waals surface area contributed by atoms with Gasteiger partial charge in [-0.05, 0) is 24.1 Å². The number of carbonyl (C=O) groups is 1. The van der Waals surface area contributed by atoms with Gasteiger partial charge in [0.2, 0.25) is 0 Å². The molecule has 9 heteroatoms. The number of aromatic nitrogens is 2. The van der Waals surface area contributed by atoms with Gasteiger partial charge in [0.25, 0.3) is 5.56 Å². The van der Waals surface area contributed by atoms with Crippen LogP contribution in [0.4, 0.5) is 0 Å². The molecule has 0 spiro atoms. The summed E-state index contributed by atoms with van der Waals surface area (Å²) >= 11 is 0. The van der Waals surface area contributed by atoms with Gasteiger partial charge in [0.1, 0.15) is 6.61 Å². The lowest BCUT2D eigenvalue weighted by atomic mass is 9.86. The van der Waals surface area contributed by atoms with Gasteiger partial charge in [-0.3, -0.25) is 4.79 Å². The summed E-state index contributed by atoms with van der Waals surface area (Å²) in [7, 11) is 0. The molecule has 3 aromatic rings. The number of benzene rings is 1. The zero-order chi connectivity index (χ0) is 22.5. The van der Waals surface area contributed by atoms with E-state index in [2.05, 4.69) is 5.48 Å². The third kappa shape index (κ3) is 2.97. The summed E-state index contributed by atoms with van der Waals surface area (Å²) in [6, 6.07) is 9.47. The molecule has 4 N–H and O–H groups in total. The van der Waals surface area contributed by atoms with E-state index in [0.717, 1.165) is 22.0 Å². The van der Waals surface area contributed by atoms with Crippen LogP contribution in [0.5, 0.6) is 0 Å². The zero-order valence-electron chi connectivity index (χ0n) is 17.7. The number of fused-ring (bicyclic) bond motifs is 5. The molecule has 0 bridgehead atoms. The number of nitrogens with one attached hydrogen (secondary N) is 1. The first-order chi connectivity index (χ1) is 15.5. The largest absolute Gasteiger partial charge is 0.458 e. The lowest BCUT2D eigenvalue weighted by Crippen LogP contribution is -2.44. The average molecular weight is 436 g/mol. The Morgan fingerprint density at radius 1 is 1.31 bits per heavy atom. The second kappa shape index (κ2) is 7.79. The molecule has 0 saturated heterocycles. The van der Waals surface area contributed by atoms with Crippen LogP contribution in [0.2, 0.25) is 0 Å². The summed E-state index contributed by atoms with van der Waals surface area (Å²) in [4.78, 5) is 35.9. The Kier molecular flexibility index (Phi) is 5.06. The molecule has 0 aliphatic carbocycles. The quantitative estimate of drug-likeness (QED) is 0.233. The Morgan fingerprint density at radius 3 is 2.91 bits per heavy atom. The first-order valence-corrected chi connectivity index (χ1v) is 10.6. The van der Waals surface area contributed by atoms with Crippen LogP contribution in [-0.2, 0) is 39.7 Å². The molecule has 1 atom stereocenters. The van der Waals surface area contributed by atoms with Crippen LogP contribution in [0, 0.1) is 0 Å². The summed E-state index contributed by atoms with van der Waals surface area (Å²) in [6.45, 7) is 3.06. The minimum Gasteiger partial charge on any atom is -0.458 e. The van der Waals surface area contributed by atoms with Gasteiger partial charge in [0, 0.05) is 29.6 Å². The molecule has 0 fully saturated rings. The van der Waals surface area contributed by atoms with Crippen LogP contribution in [-0.4, -0.2) is 33.8 Å². The van der Waals surface area contributed by atoms with Gasteiger partial charge in [0.15, 0.2) is 5.60 Å². The highest BCUT2D eigenvalue weighted by molar-refractivity contribution is 5.89. The lowest BCUT2D eigenvalue weighted by Gasteiger charge is -2.31. The fraction of sp³-hybridized carbons (Fsp3) is 0.348. The van der Waals surface area contributed by atoms with Crippen molar-refractivity contribution in [1.82, 2.24) is 15.0 Å². The molecule has 166 valence electrons. The fourth-order valence-corrected chi connectivity index (χ4v) is 4.57. The smallest absolute Gasteiger partial charge is 0.343 e. The Labute approximate surface area is 183 Å². The second-order valence-electron chi connectivity index (χ2n) is 8.00. The number of aliphatic hydroxyl groups is 1. The van der Waals surface area contributed by atoms with Gasteiger partial charge in [-0.25, -0.2) is 9.78 Å². The number of carbonyl (C=O) groups excluding carboxylic acids is 1. The summed E-state index contributed by atoms with van der Waals surface area (Å²) < 4.78 is 6.77. The molecule has 0 amide bonds. The van der Waals surface area contributed by atoms with Crippen molar-refractivity contribution in [1.29, 1.82) is 0 Å². The monoisotopic (exact) mass is 436 g/mol. The molecule has 1 aromatic carbocycles. The van der Waals surface area contributed by atoms with Gasteiger partial charge in [-0.2, -0.15) is 5.48 Å². The molecule has 0 unspecified atom stereocenters. The standard InChI is InChI=1S/C23H24N4O5/c1-2-23(30)17-9-19-20-15(11-27(19)21(28)16(17)12-31-22(23)29)14(10-25-32-8-7-24)13-5-3-4-6-18(13)26-20/h3-6,9,25,30H,2,7-8,10-12,24H2,1H3/t23-/m0/s1. The number of pyridine rings is 2. The van der Waals surface area contributed by atoms with Gasteiger partial charge in [-0.1, -0.05) is 25.1 Å². The molecular formula is C23H24N4O5. The van der Waals surface area contributed by atoms with Crippen LogP contribution in [0.3, 0.4) is 0 Å². The van der Waals surface area contributed by atoms with Crippen molar-refractivity contribution in [2.24, 2.45) is 5.73 Å². The van der Waals surface area contributed by atoms with E-state index in [4.69, 9.17) is 20.3 Å². The number of cyclic esters (lactones) is 1. The SMILES string of the molecule is CC[C@@]1(O)C(=O)OCc2c1cc1n(c2=O)Cc2c-1nc1ccccc1c2CNOCCN. The fourth-order valence-electron chi connectivity index (χ4n) is 4.57. The first kappa shape index (κ1) is 20.8. The molecular weight excluding hydrogens is 412 g/mol. The number of hydroxylamine groups is 1. The van der Waals surface area contributed by atoms with E-state index >= 15 is 0 Å². The Morgan fingerprint density at radius 2 is 2.12 bits per heavy atom. The maximum Gasteiger partial charge on any atom is 0.343 e. The minimum absolute atomic E-state index is 0.105. The lowest BCUT2D eigenvalue weighted by molar-refractivity contribution is -0.172. The number of hydrogen-bond acceptors (Lipinski definition) is 8. The van der Waals surface area contributed by atoms with Crippen molar-refractivity contribution in [2.75, 3.05) is 13.2 Å². The van der Waals surface area contributed by atoms with E-state index in [1.807, 2.05) is 24.3 Å². The van der Waals surface area contributed by atoms with Crippen LogP contribution < -0.4 is 16.8 Å². The molecule has 0 radical (unpaired) electrons. The van der Waals surface area contributed by atoms with E-state index in [-0.39, 0.29) is 18.6 Å². The van der Waals surface area contributed by atoms with Crippen LogP contribution in [0.15, 0.2) is 35.1 Å². The van der Waals surface area contributed by atoms with Crippen LogP contribution >= 0.6 is 0 Å². The molecule has 5 rings (SSSR count). The van der Waals surface area contributed by atoms with Crippen molar-refractivity contribution in [3.05, 3.63) is 62.9 Å². The normalized spacial score (nSPS) is 18.9. The van der Waals surface area contributed by atoms with Crippen molar-refractivity contribution in [2.45, 2.75) is 38.6 Å². The third-order valence-electron chi connectivity index (χ3n) is 6.28. The van der Waals surface area contributed by atoms with Crippen molar-refractivity contribution in [3.63, 3.8) is 0 Å². The van der Waals surface area contributed by atoms with Crippen LogP contribution in [0.1, 0.15) is 35.6 Å².